The van der Waals surface area contributed by atoms with E-state index < -0.39 is 5.97 Å². The number of carboxylic acid groups (broad SMARTS) is 1. The van der Waals surface area contributed by atoms with Gasteiger partial charge in [-0.25, -0.2) is 13.9 Å². The first kappa shape index (κ1) is 12.9. The zero-order valence-corrected chi connectivity index (χ0v) is 11.5. The molecule has 5 nitrogen and oxygen atoms in total. The van der Waals surface area contributed by atoms with Gasteiger partial charge in [-0.15, -0.1) is 5.10 Å². The highest BCUT2D eigenvalue weighted by Gasteiger charge is 2.28. The second-order valence-electron chi connectivity index (χ2n) is 5.49. The first-order valence-corrected chi connectivity index (χ1v) is 7.02. The van der Waals surface area contributed by atoms with Crippen LogP contribution in [0.15, 0.2) is 36.4 Å². The van der Waals surface area contributed by atoms with E-state index in [4.69, 9.17) is 5.11 Å². The van der Waals surface area contributed by atoms with Crippen LogP contribution in [0.5, 0.6) is 0 Å². The van der Waals surface area contributed by atoms with Crippen LogP contribution in [-0.4, -0.2) is 26.1 Å². The minimum Gasteiger partial charge on any atom is -0.478 e. The second-order valence-corrected chi connectivity index (χ2v) is 5.49. The molecule has 0 amide bonds. The van der Waals surface area contributed by atoms with Gasteiger partial charge >= 0.3 is 5.97 Å². The smallest absolute Gasteiger partial charge is 0.335 e. The maximum Gasteiger partial charge on any atom is 0.335 e. The molecule has 0 bridgehead atoms. The number of aromatic nitrogens is 3. The number of nitrogens with zero attached hydrogens (tertiary/aromatic N) is 3. The Morgan fingerprint density at radius 2 is 2.05 bits per heavy atom. The molecule has 110 valence electrons. The van der Waals surface area contributed by atoms with Gasteiger partial charge < -0.3 is 5.11 Å². The Morgan fingerprint density at radius 3 is 2.77 bits per heavy atom. The van der Waals surface area contributed by atoms with Crippen molar-refractivity contribution in [2.75, 3.05) is 0 Å². The SMILES string of the molecule is O=C(O)c1ccc2nnn(-c3ccc(F)cc3C3CC3)c2c1. The fraction of sp³-hybridized carbons (Fsp3) is 0.188. The number of hydrogen-bond donors (Lipinski definition) is 1. The third-order valence-corrected chi connectivity index (χ3v) is 3.93. The number of carbonyl (C=O) groups is 1. The van der Waals surface area contributed by atoms with Gasteiger partial charge in [0, 0.05) is 0 Å². The van der Waals surface area contributed by atoms with Crippen molar-refractivity contribution in [2.24, 2.45) is 0 Å². The topological polar surface area (TPSA) is 68.0 Å². The minimum atomic E-state index is -1.00. The minimum absolute atomic E-state index is 0.172. The summed E-state index contributed by atoms with van der Waals surface area (Å²) in [6, 6.07) is 9.25. The van der Waals surface area contributed by atoms with Crippen molar-refractivity contribution in [1.29, 1.82) is 0 Å². The van der Waals surface area contributed by atoms with Gasteiger partial charge in [0.15, 0.2) is 0 Å². The van der Waals surface area contributed by atoms with E-state index in [2.05, 4.69) is 10.3 Å². The van der Waals surface area contributed by atoms with E-state index in [1.807, 2.05) is 0 Å². The van der Waals surface area contributed by atoms with E-state index in [-0.39, 0.29) is 11.4 Å². The molecule has 0 atom stereocenters. The summed E-state index contributed by atoms with van der Waals surface area (Å²) in [5.74, 6) is -0.940. The maximum atomic E-state index is 13.5. The van der Waals surface area contributed by atoms with Crippen LogP contribution in [0, 0.1) is 5.82 Å². The highest BCUT2D eigenvalue weighted by atomic mass is 19.1. The Labute approximate surface area is 125 Å². The molecular weight excluding hydrogens is 285 g/mol. The van der Waals surface area contributed by atoms with Crippen molar-refractivity contribution >= 4 is 17.0 Å². The molecule has 0 saturated heterocycles. The van der Waals surface area contributed by atoms with Gasteiger partial charge in [0.1, 0.15) is 11.3 Å². The summed E-state index contributed by atoms with van der Waals surface area (Å²) in [4.78, 5) is 11.1. The summed E-state index contributed by atoms with van der Waals surface area (Å²) < 4.78 is 15.1. The normalized spacial score (nSPS) is 14.4. The predicted octanol–water partition coefficient (Wildman–Crippen LogP) is 3.14. The Balaban J connectivity index is 1.94. The summed E-state index contributed by atoms with van der Waals surface area (Å²) in [5, 5.41) is 17.3. The number of aromatic carboxylic acids is 1. The molecule has 0 radical (unpaired) electrons. The molecule has 1 heterocycles. The quantitative estimate of drug-likeness (QED) is 0.806. The summed E-state index contributed by atoms with van der Waals surface area (Å²) >= 11 is 0. The Kier molecular flexibility index (Phi) is 2.72. The van der Waals surface area contributed by atoms with Gasteiger partial charge in [-0.2, -0.15) is 0 Å². The molecule has 2 aromatic carbocycles. The zero-order chi connectivity index (χ0) is 15.3. The molecule has 22 heavy (non-hydrogen) atoms. The van der Waals surface area contributed by atoms with E-state index >= 15 is 0 Å². The third-order valence-electron chi connectivity index (χ3n) is 3.93. The van der Waals surface area contributed by atoms with Crippen LogP contribution in [-0.2, 0) is 0 Å². The number of hydrogen-bond acceptors (Lipinski definition) is 3. The summed E-state index contributed by atoms with van der Waals surface area (Å²) in [6.07, 6.45) is 2.06. The van der Waals surface area contributed by atoms with Crippen LogP contribution in [0.3, 0.4) is 0 Å². The van der Waals surface area contributed by atoms with Crippen LogP contribution < -0.4 is 0 Å². The molecule has 1 aliphatic rings. The summed E-state index contributed by atoms with van der Waals surface area (Å²) in [6.45, 7) is 0. The molecule has 6 heteroatoms. The van der Waals surface area contributed by atoms with Crippen LogP contribution in [0.4, 0.5) is 4.39 Å². The van der Waals surface area contributed by atoms with Gasteiger partial charge in [0.05, 0.1) is 16.8 Å². The van der Waals surface area contributed by atoms with E-state index in [1.165, 1.54) is 24.3 Å². The molecule has 1 N–H and O–H groups in total. The van der Waals surface area contributed by atoms with Crippen LogP contribution in [0.25, 0.3) is 16.7 Å². The zero-order valence-electron chi connectivity index (χ0n) is 11.5. The number of fused-ring (bicyclic) bond motifs is 1. The molecule has 1 aliphatic carbocycles. The number of rotatable bonds is 3. The molecule has 4 rings (SSSR count). The van der Waals surface area contributed by atoms with Crippen molar-refractivity contribution < 1.29 is 14.3 Å². The molecule has 0 aliphatic heterocycles. The van der Waals surface area contributed by atoms with E-state index in [1.54, 1.807) is 16.8 Å². The van der Waals surface area contributed by atoms with Crippen LogP contribution in [0.1, 0.15) is 34.7 Å². The fourth-order valence-electron chi connectivity index (χ4n) is 2.67. The molecule has 3 aromatic rings. The van der Waals surface area contributed by atoms with Crippen molar-refractivity contribution in [3.8, 4) is 5.69 Å². The van der Waals surface area contributed by atoms with Crippen molar-refractivity contribution in [2.45, 2.75) is 18.8 Å². The monoisotopic (exact) mass is 297 g/mol. The van der Waals surface area contributed by atoms with Gasteiger partial charge in [-0.3, -0.25) is 0 Å². The molecule has 0 unspecified atom stereocenters. The first-order valence-electron chi connectivity index (χ1n) is 7.02. The van der Waals surface area contributed by atoms with Crippen molar-refractivity contribution in [1.82, 2.24) is 15.0 Å². The second kappa shape index (κ2) is 4.62. The molecule has 0 spiro atoms. The van der Waals surface area contributed by atoms with Crippen LogP contribution >= 0.6 is 0 Å². The van der Waals surface area contributed by atoms with Gasteiger partial charge in [-0.05, 0) is 60.7 Å². The number of carboxylic acids is 1. The summed E-state index contributed by atoms with van der Waals surface area (Å²) in [7, 11) is 0. The lowest BCUT2D eigenvalue weighted by Gasteiger charge is -2.09. The molecular formula is C16H12FN3O2. The lowest BCUT2D eigenvalue weighted by atomic mass is 10.1. The summed E-state index contributed by atoms with van der Waals surface area (Å²) in [5.41, 5.74) is 3.04. The van der Waals surface area contributed by atoms with Gasteiger partial charge in [0.25, 0.3) is 0 Å². The third kappa shape index (κ3) is 2.04. The predicted molar refractivity (Wildman–Crippen MR) is 77.8 cm³/mol. The maximum absolute atomic E-state index is 13.5. The van der Waals surface area contributed by atoms with E-state index in [9.17, 15) is 9.18 Å². The molecule has 1 saturated carbocycles. The Morgan fingerprint density at radius 1 is 1.23 bits per heavy atom. The lowest BCUT2D eigenvalue weighted by molar-refractivity contribution is 0.0697. The van der Waals surface area contributed by atoms with Gasteiger partial charge in [0.2, 0.25) is 0 Å². The molecule has 1 fully saturated rings. The molecule has 1 aromatic heterocycles. The fourth-order valence-corrected chi connectivity index (χ4v) is 2.67. The Hall–Kier alpha value is -2.76. The standard InChI is InChI=1S/C16H12FN3O2/c17-11-4-6-14(12(8-11)9-1-2-9)20-15-7-10(16(21)22)3-5-13(15)18-19-20/h3-9H,1-2H2,(H,21,22). The Bertz CT molecular complexity index is 900. The lowest BCUT2D eigenvalue weighted by Crippen LogP contribution is -2.03. The number of benzene rings is 2. The average Bonchev–Trinajstić information content (AvgIpc) is 3.27. The van der Waals surface area contributed by atoms with Crippen molar-refractivity contribution in [3.63, 3.8) is 0 Å². The number of halogens is 1. The van der Waals surface area contributed by atoms with Crippen LogP contribution in [0.2, 0.25) is 0 Å². The van der Waals surface area contributed by atoms with Gasteiger partial charge in [-0.1, -0.05) is 5.21 Å². The highest BCUT2D eigenvalue weighted by molar-refractivity contribution is 5.92. The average molecular weight is 297 g/mol. The highest BCUT2D eigenvalue weighted by Crippen LogP contribution is 2.43. The largest absolute Gasteiger partial charge is 0.478 e. The van der Waals surface area contributed by atoms with E-state index in [0.29, 0.717) is 17.0 Å². The van der Waals surface area contributed by atoms with Crippen molar-refractivity contribution in [3.05, 3.63) is 53.3 Å². The first-order chi connectivity index (χ1) is 10.6. The van der Waals surface area contributed by atoms with E-state index in [0.717, 1.165) is 24.1 Å².